The lowest BCUT2D eigenvalue weighted by molar-refractivity contribution is -0.118. The Labute approximate surface area is 226 Å². The average Bonchev–Trinajstić information content (AvgIpc) is 3.25. The largest absolute Gasteiger partial charge is 0.457 e. The lowest BCUT2D eigenvalue weighted by atomic mass is 9.86. The number of urea groups is 1. The molecule has 2 aromatic rings. The first-order valence-electron chi connectivity index (χ1n) is 13.1. The van der Waals surface area contributed by atoms with Crippen molar-refractivity contribution in [1.29, 1.82) is 0 Å². The minimum atomic E-state index is -0.961. The minimum absolute atomic E-state index is 0.0171. The molecule has 0 aromatic heterocycles. The van der Waals surface area contributed by atoms with E-state index in [1.54, 1.807) is 0 Å². The van der Waals surface area contributed by atoms with Crippen LogP contribution in [-0.2, 0) is 4.79 Å². The predicted molar refractivity (Wildman–Crippen MR) is 146 cm³/mol. The number of carbonyl (C=O) groups is 2. The van der Waals surface area contributed by atoms with Gasteiger partial charge in [-0.05, 0) is 62.8 Å². The number of halogens is 1. The van der Waals surface area contributed by atoms with Crippen LogP contribution in [0.4, 0.5) is 14.9 Å². The number of hydrogen-bond acceptors (Lipinski definition) is 6. The highest BCUT2D eigenvalue weighted by molar-refractivity contribution is 8.04. The maximum atomic E-state index is 14.1. The number of nitrogens with one attached hydrogen (secondary N) is 3. The summed E-state index contributed by atoms with van der Waals surface area (Å²) < 4.78 is 20.1. The Bertz CT molecular complexity index is 1260. The number of nitrogens with zero attached hydrogens (tertiary/aromatic N) is 2. The topological polar surface area (TPSA) is 85.9 Å². The van der Waals surface area contributed by atoms with Crippen molar-refractivity contribution in [3.8, 4) is 11.5 Å². The number of hydrogen-bond donors (Lipinski definition) is 3. The van der Waals surface area contributed by atoms with Gasteiger partial charge in [-0.3, -0.25) is 9.69 Å². The van der Waals surface area contributed by atoms with Gasteiger partial charge in [-0.2, -0.15) is 0 Å². The number of piperidine rings is 2. The summed E-state index contributed by atoms with van der Waals surface area (Å²) in [6.07, 6.45) is 0.115. The van der Waals surface area contributed by atoms with Gasteiger partial charge in [-0.1, -0.05) is 30.0 Å². The molecule has 0 aliphatic carbocycles. The van der Waals surface area contributed by atoms with E-state index >= 15 is 0 Å². The van der Waals surface area contributed by atoms with Gasteiger partial charge in [-0.15, -0.1) is 0 Å². The summed E-state index contributed by atoms with van der Waals surface area (Å²) in [7, 11) is 1.86. The average molecular weight is 538 g/mol. The molecule has 2 aromatic carbocycles. The van der Waals surface area contributed by atoms with Crippen molar-refractivity contribution >= 4 is 29.4 Å². The monoisotopic (exact) mass is 537 g/mol. The zero-order valence-electron chi connectivity index (χ0n) is 21.4. The van der Waals surface area contributed by atoms with Crippen LogP contribution in [0.3, 0.4) is 0 Å². The summed E-state index contributed by atoms with van der Waals surface area (Å²) >= 11 is 1.46. The molecule has 8 nitrogen and oxygen atoms in total. The maximum Gasteiger partial charge on any atom is 0.326 e. The molecule has 38 heavy (non-hydrogen) atoms. The summed E-state index contributed by atoms with van der Waals surface area (Å²) in [6.45, 7) is 3.72. The second-order valence-electron chi connectivity index (χ2n) is 10.5. The molecular weight excluding hydrogens is 505 g/mol. The molecule has 0 spiro atoms. The Morgan fingerprint density at radius 2 is 1.97 bits per heavy atom. The highest BCUT2D eigenvalue weighted by Crippen LogP contribution is 2.48. The van der Waals surface area contributed by atoms with Gasteiger partial charge in [-0.25, -0.2) is 9.18 Å². The molecular formula is C28H32FN5O3S. The molecule has 3 unspecified atom stereocenters. The van der Waals surface area contributed by atoms with Crippen molar-refractivity contribution < 1.29 is 18.7 Å². The van der Waals surface area contributed by atoms with E-state index in [0.717, 1.165) is 30.0 Å². The second kappa shape index (κ2) is 10.2. The van der Waals surface area contributed by atoms with Gasteiger partial charge < -0.3 is 25.6 Å². The van der Waals surface area contributed by atoms with E-state index in [9.17, 15) is 14.0 Å². The molecule has 3 fully saturated rings. The number of ether oxygens (including phenoxy) is 1. The fraction of sp³-hybridized carbons (Fsp3) is 0.429. The summed E-state index contributed by atoms with van der Waals surface area (Å²) in [5, 5.41) is 9.58. The fourth-order valence-electron chi connectivity index (χ4n) is 6.09. The van der Waals surface area contributed by atoms with E-state index in [4.69, 9.17) is 4.74 Å². The first kappa shape index (κ1) is 25.2. The maximum absolute atomic E-state index is 14.1. The summed E-state index contributed by atoms with van der Waals surface area (Å²) in [6, 6.07) is 14.8. The SMILES string of the molecule is Cc1cc(Oc2ccccc2)ccc1N1C(=O)NC2=C(C(=O)N[C@@H]3C[C@@H](F)CN(C)C3)SC3NCCC1C23. The number of amides is 3. The number of likely N-dealkylation sites (N-methyl/N-ethyl adjacent to an activating group) is 1. The number of rotatable bonds is 5. The number of benzene rings is 2. The van der Waals surface area contributed by atoms with Crippen molar-refractivity contribution in [2.75, 3.05) is 31.6 Å². The molecule has 3 saturated heterocycles. The summed E-state index contributed by atoms with van der Waals surface area (Å²) in [5.74, 6) is 1.18. The van der Waals surface area contributed by atoms with Gasteiger partial charge in [0.15, 0.2) is 0 Å². The molecule has 4 aliphatic heterocycles. The van der Waals surface area contributed by atoms with Crippen molar-refractivity contribution in [2.45, 2.75) is 43.4 Å². The molecule has 3 amide bonds. The predicted octanol–water partition coefficient (Wildman–Crippen LogP) is 3.74. The van der Waals surface area contributed by atoms with E-state index in [1.165, 1.54) is 11.8 Å². The molecule has 4 heterocycles. The first-order chi connectivity index (χ1) is 18.4. The molecule has 3 N–H and O–H groups in total. The van der Waals surface area contributed by atoms with Crippen molar-refractivity contribution in [1.82, 2.24) is 20.9 Å². The van der Waals surface area contributed by atoms with Crippen LogP contribution in [0.5, 0.6) is 11.5 Å². The Morgan fingerprint density at radius 1 is 1.16 bits per heavy atom. The molecule has 200 valence electrons. The van der Waals surface area contributed by atoms with Gasteiger partial charge in [0.2, 0.25) is 0 Å². The fourth-order valence-corrected chi connectivity index (χ4v) is 7.49. The first-order valence-corrected chi connectivity index (χ1v) is 14.0. The molecule has 4 aliphatic rings. The smallest absolute Gasteiger partial charge is 0.326 e. The Kier molecular flexibility index (Phi) is 6.79. The van der Waals surface area contributed by atoms with E-state index in [2.05, 4.69) is 16.0 Å². The van der Waals surface area contributed by atoms with Crippen molar-refractivity contribution in [3.05, 3.63) is 64.7 Å². The zero-order chi connectivity index (χ0) is 26.4. The Morgan fingerprint density at radius 3 is 2.74 bits per heavy atom. The normalized spacial score (nSPS) is 29.1. The van der Waals surface area contributed by atoms with Crippen LogP contribution in [-0.4, -0.2) is 67.1 Å². The number of likely N-dealkylation sites (tertiary alicyclic amines) is 1. The van der Waals surface area contributed by atoms with E-state index in [0.29, 0.717) is 35.9 Å². The highest BCUT2D eigenvalue weighted by atomic mass is 32.2. The van der Waals surface area contributed by atoms with Gasteiger partial charge in [0.05, 0.1) is 16.3 Å². The third-order valence-corrected chi connectivity index (χ3v) is 9.03. The number of alkyl halides is 1. The number of anilines is 1. The van der Waals surface area contributed by atoms with E-state index < -0.39 is 6.17 Å². The van der Waals surface area contributed by atoms with Crippen molar-refractivity contribution in [3.63, 3.8) is 0 Å². The Hall–Kier alpha value is -3.08. The van der Waals surface area contributed by atoms with E-state index in [-0.39, 0.29) is 35.3 Å². The highest BCUT2D eigenvalue weighted by Gasteiger charge is 2.52. The standard InChI is InChI=1S/C28H32FN5O3S/c1-16-12-20(37-19-6-4-3-5-7-19)8-9-21(16)34-22-10-11-30-27-23(22)24(32-28(34)36)25(38-27)26(35)31-18-13-17(29)14-33(2)15-18/h3-9,12,17-18,22-23,27,30H,10-11,13-15H2,1-2H3,(H,31,35)(H,32,36)/t17-,18-,22?,23?,27?/m1/s1. The van der Waals surface area contributed by atoms with Crippen LogP contribution in [0.15, 0.2) is 59.1 Å². The van der Waals surface area contributed by atoms with Crippen LogP contribution in [0.1, 0.15) is 18.4 Å². The molecule has 0 radical (unpaired) electrons. The lowest BCUT2D eigenvalue weighted by Crippen LogP contribution is -2.62. The van der Waals surface area contributed by atoms with Crippen LogP contribution in [0, 0.1) is 12.8 Å². The number of carbonyl (C=O) groups excluding carboxylic acids is 2. The van der Waals surface area contributed by atoms with Crippen LogP contribution in [0.2, 0.25) is 0 Å². The molecule has 5 atom stereocenters. The van der Waals surface area contributed by atoms with Gasteiger partial charge in [0, 0.05) is 42.9 Å². The number of aryl methyl sites for hydroxylation is 1. The third kappa shape index (κ3) is 4.76. The molecule has 6 rings (SSSR count). The van der Waals surface area contributed by atoms with Crippen LogP contribution >= 0.6 is 11.8 Å². The molecule has 0 bridgehead atoms. The molecule has 0 saturated carbocycles. The quantitative estimate of drug-likeness (QED) is 0.539. The number of thioether (sulfide) groups is 1. The van der Waals surface area contributed by atoms with Crippen LogP contribution in [0.25, 0.3) is 0 Å². The van der Waals surface area contributed by atoms with Gasteiger partial charge in [0.25, 0.3) is 5.91 Å². The van der Waals surface area contributed by atoms with Crippen LogP contribution < -0.4 is 25.6 Å². The third-order valence-electron chi connectivity index (χ3n) is 7.67. The molecule has 10 heteroatoms. The Balaban J connectivity index is 1.24. The second-order valence-corrected chi connectivity index (χ2v) is 11.7. The number of para-hydroxylation sites is 1. The summed E-state index contributed by atoms with van der Waals surface area (Å²) in [4.78, 5) is 31.1. The van der Waals surface area contributed by atoms with Crippen molar-refractivity contribution in [2.24, 2.45) is 5.92 Å². The summed E-state index contributed by atoms with van der Waals surface area (Å²) in [5.41, 5.74) is 2.44. The zero-order valence-corrected chi connectivity index (χ0v) is 22.3. The minimum Gasteiger partial charge on any atom is -0.457 e. The van der Waals surface area contributed by atoms with Gasteiger partial charge in [0.1, 0.15) is 17.7 Å². The van der Waals surface area contributed by atoms with E-state index in [1.807, 2.05) is 72.3 Å². The lowest BCUT2D eigenvalue weighted by Gasteiger charge is -2.46. The van der Waals surface area contributed by atoms with Gasteiger partial charge >= 0.3 is 6.03 Å².